The zero-order valence-corrected chi connectivity index (χ0v) is 13.3. The maximum Gasteiger partial charge on any atom is 0.105 e. The summed E-state index contributed by atoms with van der Waals surface area (Å²) in [5, 5.41) is 5.86. The van der Waals surface area contributed by atoms with Crippen LogP contribution in [0.25, 0.3) is 5.69 Å². The van der Waals surface area contributed by atoms with Crippen molar-refractivity contribution in [2.45, 2.75) is 38.8 Å². The Morgan fingerprint density at radius 3 is 2.60 bits per heavy atom. The third-order valence-electron chi connectivity index (χ3n) is 3.54. The van der Waals surface area contributed by atoms with E-state index in [-0.39, 0.29) is 0 Å². The highest BCUT2D eigenvalue weighted by Crippen LogP contribution is 2.29. The van der Waals surface area contributed by atoms with Gasteiger partial charge in [0, 0.05) is 17.9 Å². The number of hydrogen-bond donors (Lipinski definition) is 1. The van der Waals surface area contributed by atoms with Crippen molar-refractivity contribution in [2.24, 2.45) is 11.7 Å². The minimum Gasteiger partial charge on any atom is -0.326 e. The molecule has 0 aliphatic rings. The van der Waals surface area contributed by atoms with E-state index < -0.39 is 0 Å². The number of nitrogens with two attached hydrogens (primary N) is 1. The molecule has 0 aliphatic heterocycles. The summed E-state index contributed by atoms with van der Waals surface area (Å²) in [6.07, 6.45) is 1.20. The Hall–Kier alpha value is -1.26. The van der Waals surface area contributed by atoms with Crippen molar-refractivity contribution >= 4 is 11.8 Å². The number of hydrogen-bond acceptors (Lipinski definition) is 3. The van der Waals surface area contributed by atoms with Crippen LogP contribution in [0, 0.1) is 12.8 Å². The number of thioether (sulfide) groups is 1. The molecule has 0 radical (unpaired) electrons. The van der Waals surface area contributed by atoms with Crippen LogP contribution in [0.5, 0.6) is 0 Å². The smallest absolute Gasteiger partial charge is 0.105 e. The molecule has 0 fully saturated rings. The summed E-state index contributed by atoms with van der Waals surface area (Å²) in [6.45, 7) is 7.09. The third kappa shape index (κ3) is 3.25. The van der Waals surface area contributed by atoms with E-state index in [9.17, 15) is 0 Å². The molecule has 1 aromatic heterocycles. The van der Waals surface area contributed by atoms with E-state index in [1.807, 2.05) is 41.6 Å². The molecule has 108 valence electrons. The molecule has 3 nitrogen and oxygen atoms in total. The maximum atomic E-state index is 5.92. The molecule has 0 saturated carbocycles. The fourth-order valence-corrected chi connectivity index (χ4v) is 3.36. The summed E-state index contributed by atoms with van der Waals surface area (Å²) < 4.78 is 2.03. The average molecular weight is 289 g/mol. The quantitative estimate of drug-likeness (QED) is 0.823. The second-order valence-electron chi connectivity index (χ2n) is 5.15. The molecule has 1 aromatic carbocycles. The molecule has 0 aliphatic carbocycles. The van der Waals surface area contributed by atoms with Gasteiger partial charge in [-0.15, -0.1) is 11.8 Å². The van der Waals surface area contributed by atoms with Crippen molar-refractivity contribution in [1.82, 2.24) is 9.78 Å². The molecule has 4 heteroatoms. The maximum absolute atomic E-state index is 5.92. The number of aromatic nitrogens is 2. The first kappa shape index (κ1) is 15.1. The minimum atomic E-state index is 0.543. The van der Waals surface area contributed by atoms with Crippen LogP contribution in [0.15, 0.2) is 35.4 Å². The van der Waals surface area contributed by atoms with Gasteiger partial charge in [0.15, 0.2) is 0 Å². The molecule has 20 heavy (non-hydrogen) atoms. The summed E-state index contributed by atoms with van der Waals surface area (Å²) in [5.41, 5.74) is 9.21. The first-order valence-electron chi connectivity index (χ1n) is 7.14. The van der Waals surface area contributed by atoms with Gasteiger partial charge in [0.1, 0.15) is 5.03 Å². The number of para-hydroxylation sites is 1. The molecule has 1 atom stereocenters. The van der Waals surface area contributed by atoms with Crippen molar-refractivity contribution in [3.05, 3.63) is 41.6 Å². The topological polar surface area (TPSA) is 43.8 Å². The molecule has 0 saturated heterocycles. The van der Waals surface area contributed by atoms with Gasteiger partial charge in [-0.25, -0.2) is 4.68 Å². The van der Waals surface area contributed by atoms with Gasteiger partial charge < -0.3 is 5.73 Å². The van der Waals surface area contributed by atoms with Gasteiger partial charge in [-0.05, 0) is 25.0 Å². The normalized spacial score (nSPS) is 12.6. The number of nitrogens with zero attached hydrogens (tertiary/aromatic N) is 2. The summed E-state index contributed by atoms with van der Waals surface area (Å²) in [6, 6.07) is 10.3. The van der Waals surface area contributed by atoms with E-state index in [2.05, 4.69) is 31.1 Å². The summed E-state index contributed by atoms with van der Waals surface area (Å²) in [4.78, 5) is 0. The molecule has 2 N–H and O–H groups in total. The Labute approximate surface area is 125 Å². The largest absolute Gasteiger partial charge is 0.326 e. The zero-order valence-electron chi connectivity index (χ0n) is 12.5. The summed E-state index contributed by atoms with van der Waals surface area (Å²) in [7, 11) is 0. The van der Waals surface area contributed by atoms with Crippen LogP contribution in [-0.4, -0.2) is 15.5 Å². The Morgan fingerprint density at radius 2 is 2.00 bits per heavy atom. The standard InChI is InChI=1S/C16H23N3S/c1-4-12(2)11-20-16-15(10-17)13(3)18-19(16)14-8-6-5-7-9-14/h5-9,12H,4,10-11,17H2,1-3H3. The fourth-order valence-electron chi connectivity index (χ4n) is 2.00. The molecule has 1 unspecified atom stereocenters. The molecular weight excluding hydrogens is 266 g/mol. The van der Waals surface area contributed by atoms with Crippen molar-refractivity contribution in [3.63, 3.8) is 0 Å². The average Bonchev–Trinajstić information content (AvgIpc) is 2.81. The van der Waals surface area contributed by atoms with Crippen LogP contribution in [0.3, 0.4) is 0 Å². The van der Waals surface area contributed by atoms with E-state index in [1.165, 1.54) is 17.0 Å². The molecule has 2 aromatic rings. The van der Waals surface area contributed by atoms with Crippen molar-refractivity contribution in [2.75, 3.05) is 5.75 Å². The van der Waals surface area contributed by atoms with Crippen LogP contribution in [-0.2, 0) is 6.54 Å². The van der Waals surface area contributed by atoms with Crippen LogP contribution in [0.1, 0.15) is 31.5 Å². The van der Waals surface area contributed by atoms with E-state index in [0.29, 0.717) is 12.5 Å². The molecule has 1 heterocycles. The Morgan fingerprint density at radius 1 is 1.30 bits per heavy atom. The van der Waals surface area contributed by atoms with Crippen LogP contribution >= 0.6 is 11.8 Å². The predicted octanol–water partition coefficient (Wildman–Crippen LogP) is 3.78. The van der Waals surface area contributed by atoms with Crippen LogP contribution < -0.4 is 5.73 Å². The second kappa shape index (κ2) is 6.95. The van der Waals surface area contributed by atoms with Gasteiger partial charge in [-0.1, -0.05) is 38.5 Å². The number of benzene rings is 1. The highest BCUT2D eigenvalue weighted by atomic mass is 32.2. The summed E-state index contributed by atoms with van der Waals surface area (Å²) in [5.74, 6) is 1.80. The van der Waals surface area contributed by atoms with E-state index in [4.69, 9.17) is 5.73 Å². The predicted molar refractivity (Wildman–Crippen MR) is 86.4 cm³/mol. The molecule has 0 spiro atoms. The van der Waals surface area contributed by atoms with E-state index in [0.717, 1.165) is 17.1 Å². The highest BCUT2D eigenvalue weighted by Gasteiger charge is 2.16. The second-order valence-corrected chi connectivity index (χ2v) is 6.15. The van der Waals surface area contributed by atoms with Gasteiger partial charge >= 0.3 is 0 Å². The monoisotopic (exact) mass is 289 g/mol. The van der Waals surface area contributed by atoms with Gasteiger partial charge in [0.05, 0.1) is 11.4 Å². The van der Waals surface area contributed by atoms with Crippen molar-refractivity contribution in [1.29, 1.82) is 0 Å². The lowest BCUT2D eigenvalue weighted by Gasteiger charge is -2.11. The van der Waals surface area contributed by atoms with Gasteiger partial charge in [0.25, 0.3) is 0 Å². The van der Waals surface area contributed by atoms with Crippen molar-refractivity contribution < 1.29 is 0 Å². The lowest BCUT2D eigenvalue weighted by Crippen LogP contribution is -2.04. The van der Waals surface area contributed by atoms with Crippen molar-refractivity contribution in [3.8, 4) is 5.69 Å². The Bertz CT molecular complexity index is 548. The van der Waals surface area contributed by atoms with E-state index >= 15 is 0 Å². The Balaban J connectivity index is 2.36. The molecule has 0 amide bonds. The van der Waals surface area contributed by atoms with Crippen LogP contribution in [0.2, 0.25) is 0 Å². The third-order valence-corrected chi connectivity index (χ3v) is 4.97. The van der Waals surface area contributed by atoms with Gasteiger partial charge in [-0.2, -0.15) is 5.10 Å². The SMILES string of the molecule is CCC(C)CSc1c(CN)c(C)nn1-c1ccccc1. The molecular formula is C16H23N3S. The van der Waals surface area contributed by atoms with Crippen LogP contribution in [0.4, 0.5) is 0 Å². The Kier molecular flexibility index (Phi) is 5.26. The lowest BCUT2D eigenvalue weighted by atomic mass is 10.2. The first-order chi connectivity index (χ1) is 9.67. The summed E-state index contributed by atoms with van der Waals surface area (Å²) >= 11 is 1.87. The molecule has 0 bridgehead atoms. The number of aryl methyl sites for hydroxylation is 1. The van der Waals surface area contributed by atoms with E-state index in [1.54, 1.807) is 0 Å². The zero-order chi connectivity index (χ0) is 14.5. The first-order valence-corrected chi connectivity index (χ1v) is 8.12. The van der Waals surface area contributed by atoms with Gasteiger partial charge in [0.2, 0.25) is 0 Å². The number of rotatable bonds is 6. The molecule has 2 rings (SSSR count). The minimum absolute atomic E-state index is 0.543. The lowest BCUT2D eigenvalue weighted by molar-refractivity contribution is 0.635. The highest BCUT2D eigenvalue weighted by molar-refractivity contribution is 7.99. The van der Waals surface area contributed by atoms with Gasteiger partial charge in [-0.3, -0.25) is 0 Å². The fraction of sp³-hybridized carbons (Fsp3) is 0.438.